The van der Waals surface area contributed by atoms with Crippen LogP contribution in [0.4, 0.5) is 0 Å². The van der Waals surface area contributed by atoms with Gasteiger partial charge < -0.3 is 13.7 Å². The van der Waals surface area contributed by atoms with Gasteiger partial charge >= 0.3 is 0 Å². The average molecular weight is 751 g/mol. The Kier molecular flexibility index (Phi) is 7.26. The first-order valence-electron chi connectivity index (χ1n) is 20.0. The van der Waals surface area contributed by atoms with Crippen LogP contribution in [0.3, 0.4) is 0 Å². The highest BCUT2D eigenvalue weighted by Gasteiger charge is 2.21. The standard InChI is InChI=1S/C55H34N4/c56-35-36-27-38(37-15-3-1-4-16-37)29-39(28-36)40-30-42(58-50-23-11-7-19-44(50)45-20-8-12-24-51(45)58)32-43(31-40)59-53-26-14-10-22-47(53)49-33-54-48(34-55(49)59)46-21-9-13-25-52(46)57(54)41-17-5-2-6-18-41/h1-34H. The second kappa shape index (κ2) is 13.0. The molecule has 0 saturated carbocycles. The third-order valence-electron chi connectivity index (χ3n) is 12.0. The SMILES string of the molecule is N#Cc1cc(-c2ccccc2)cc(-c2cc(-n3c4ccccc4c4ccccc43)cc(-n3c4ccccc4c4cc5c(cc43)c3ccccc3n5-c3ccccc3)c2)c1. The molecule has 0 bridgehead atoms. The number of rotatable bonds is 5. The summed E-state index contributed by atoms with van der Waals surface area (Å²) in [5.41, 5.74) is 14.9. The van der Waals surface area contributed by atoms with Gasteiger partial charge in [0.2, 0.25) is 0 Å². The Labute approximate surface area is 340 Å². The number of fused-ring (bicyclic) bond motifs is 9. The summed E-state index contributed by atoms with van der Waals surface area (Å²) in [4.78, 5) is 0. The molecule has 0 N–H and O–H groups in total. The van der Waals surface area contributed by atoms with Crippen LogP contribution in [0.1, 0.15) is 5.56 Å². The lowest BCUT2D eigenvalue weighted by Crippen LogP contribution is -2.00. The van der Waals surface area contributed by atoms with Crippen LogP contribution < -0.4 is 0 Å². The van der Waals surface area contributed by atoms with Gasteiger partial charge in [-0.3, -0.25) is 0 Å². The third-order valence-corrected chi connectivity index (χ3v) is 12.0. The number of nitriles is 1. The van der Waals surface area contributed by atoms with Crippen molar-refractivity contribution >= 4 is 65.4 Å². The lowest BCUT2D eigenvalue weighted by Gasteiger charge is -2.17. The van der Waals surface area contributed by atoms with Gasteiger partial charge in [-0.15, -0.1) is 0 Å². The lowest BCUT2D eigenvalue weighted by molar-refractivity contribution is 1.13. The van der Waals surface area contributed by atoms with Gasteiger partial charge in [0.25, 0.3) is 0 Å². The molecule has 0 atom stereocenters. The highest BCUT2D eigenvalue weighted by Crippen LogP contribution is 2.42. The maximum absolute atomic E-state index is 10.3. The summed E-state index contributed by atoms with van der Waals surface area (Å²) in [5.74, 6) is 0. The van der Waals surface area contributed by atoms with Crippen molar-refractivity contribution in [2.45, 2.75) is 0 Å². The zero-order chi connectivity index (χ0) is 39.0. The molecule has 0 radical (unpaired) electrons. The predicted octanol–water partition coefficient (Wildman–Crippen LogP) is 14.2. The number of benzene rings is 9. The van der Waals surface area contributed by atoms with Crippen LogP contribution in [-0.4, -0.2) is 13.7 Å². The van der Waals surface area contributed by atoms with Gasteiger partial charge in [0, 0.05) is 49.4 Å². The van der Waals surface area contributed by atoms with Gasteiger partial charge in [-0.2, -0.15) is 5.26 Å². The molecule has 3 heterocycles. The van der Waals surface area contributed by atoms with Crippen LogP contribution in [0, 0.1) is 11.3 Å². The van der Waals surface area contributed by atoms with Crippen LogP contribution in [-0.2, 0) is 0 Å². The summed E-state index contributed by atoms with van der Waals surface area (Å²) in [5, 5.41) is 17.6. The Bertz CT molecular complexity index is 3620. The fraction of sp³-hybridized carbons (Fsp3) is 0. The van der Waals surface area contributed by atoms with E-state index in [0.29, 0.717) is 5.56 Å². The van der Waals surface area contributed by atoms with E-state index in [1.165, 1.54) is 43.4 Å². The third kappa shape index (κ3) is 5.09. The molecule has 4 heteroatoms. The van der Waals surface area contributed by atoms with Gasteiger partial charge in [0.15, 0.2) is 0 Å². The normalized spacial score (nSPS) is 11.7. The van der Waals surface area contributed by atoms with E-state index in [1.54, 1.807) is 0 Å². The van der Waals surface area contributed by atoms with Crippen molar-refractivity contribution in [2.24, 2.45) is 0 Å². The van der Waals surface area contributed by atoms with E-state index < -0.39 is 0 Å². The van der Waals surface area contributed by atoms with Crippen molar-refractivity contribution in [1.29, 1.82) is 5.26 Å². The Balaban J connectivity index is 1.20. The molecule has 59 heavy (non-hydrogen) atoms. The highest BCUT2D eigenvalue weighted by atomic mass is 15.0. The number of hydrogen-bond acceptors (Lipinski definition) is 1. The molecule has 0 saturated heterocycles. The van der Waals surface area contributed by atoms with Crippen molar-refractivity contribution < 1.29 is 0 Å². The molecule has 4 nitrogen and oxygen atoms in total. The fourth-order valence-electron chi connectivity index (χ4n) is 9.44. The molecule has 12 rings (SSSR count). The summed E-state index contributed by atoms with van der Waals surface area (Å²) < 4.78 is 7.22. The molecular formula is C55H34N4. The van der Waals surface area contributed by atoms with E-state index in [-0.39, 0.29) is 0 Å². The van der Waals surface area contributed by atoms with E-state index in [2.05, 4.69) is 196 Å². The van der Waals surface area contributed by atoms with Gasteiger partial charge in [-0.05, 0) is 107 Å². The van der Waals surface area contributed by atoms with Crippen LogP contribution >= 0.6 is 0 Å². The van der Waals surface area contributed by atoms with Crippen LogP contribution in [0.5, 0.6) is 0 Å². The van der Waals surface area contributed by atoms with E-state index in [9.17, 15) is 5.26 Å². The van der Waals surface area contributed by atoms with Crippen molar-refractivity contribution in [2.75, 3.05) is 0 Å². The lowest BCUT2D eigenvalue weighted by atomic mass is 9.95. The minimum Gasteiger partial charge on any atom is -0.309 e. The van der Waals surface area contributed by atoms with Gasteiger partial charge in [0.1, 0.15) is 0 Å². The zero-order valence-electron chi connectivity index (χ0n) is 31.9. The Hall–Kier alpha value is -8.13. The molecule has 274 valence electrons. The number of hydrogen-bond donors (Lipinski definition) is 0. The highest BCUT2D eigenvalue weighted by molar-refractivity contribution is 6.19. The molecule has 9 aromatic carbocycles. The summed E-state index contributed by atoms with van der Waals surface area (Å²) in [6.45, 7) is 0. The first kappa shape index (κ1) is 33.1. The second-order valence-corrected chi connectivity index (χ2v) is 15.3. The largest absolute Gasteiger partial charge is 0.309 e. The number of aromatic nitrogens is 3. The van der Waals surface area contributed by atoms with Crippen LogP contribution in [0.2, 0.25) is 0 Å². The average Bonchev–Trinajstić information content (AvgIpc) is 3.94. The summed E-state index contributed by atoms with van der Waals surface area (Å²) in [6.07, 6.45) is 0. The summed E-state index contributed by atoms with van der Waals surface area (Å²) in [7, 11) is 0. The van der Waals surface area contributed by atoms with Crippen molar-refractivity contribution in [1.82, 2.24) is 13.7 Å². The minimum atomic E-state index is 0.624. The zero-order valence-corrected chi connectivity index (χ0v) is 31.9. The molecule has 0 aliphatic carbocycles. The Morgan fingerprint density at radius 3 is 1.14 bits per heavy atom. The molecule has 12 aromatic rings. The Morgan fingerprint density at radius 1 is 0.271 bits per heavy atom. The summed E-state index contributed by atoms with van der Waals surface area (Å²) in [6, 6.07) is 76.2. The van der Waals surface area contributed by atoms with Gasteiger partial charge in [-0.25, -0.2) is 0 Å². The molecule has 0 aliphatic rings. The first-order valence-corrected chi connectivity index (χ1v) is 20.0. The van der Waals surface area contributed by atoms with Crippen LogP contribution in [0.15, 0.2) is 206 Å². The summed E-state index contributed by atoms with van der Waals surface area (Å²) >= 11 is 0. The number of nitrogens with zero attached hydrogens (tertiary/aromatic N) is 4. The van der Waals surface area contributed by atoms with E-state index in [1.807, 2.05) is 30.3 Å². The second-order valence-electron chi connectivity index (χ2n) is 15.3. The monoisotopic (exact) mass is 750 g/mol. The van der Waals surface area contributed by atoms with Crippen molar-refractivity contribution in [3.63, 3.8) is 0 Å². The Morgan fingerprint density at radius 2 is 0.644 bits per heavy atom. The first-order chi connectivity index (χ1) is 29.2. The molecule has 0 aliphatic heterocycles. The smallest absolute Gasteiger partial charge is 0.0992 e. The van der Waals surface area contributed by atoms with Crippen molar-refractivity contribution in [3.05, 3.63) is 212 Å². The van der Waals surface area contributed by atoms with E-state index in [0.717, 1.165) is 61.4 Å². The molecule has 0 spiro atoms. The molecule has 0 amide bonds. The van der Waals surface area contributed by atoms with Gasteiger partial charge in [-0.1, -0.05) is 121 Å². The maximum atomic E-state index is 10.3. The van der Waals surface area contributed by atoms with Gasteiger partial charge in [0.05, 0.1) is 44.7 Å². The molecule has 0 unspecified atom stereocenters. The predicted molar refractivity (Wildman–Crippen MR) is 245 cm³/mol. The molecular weight excluding hydrogens is 717 g/mol. The van der Waals surface area contributed by atoms with Crippen molar-refractivity contribution in [3.8, 4) is 45.4 Å². The molecule has 3 aromatic heterocycles. The fourth-order valence-corrected chi connectivity index (χ4v) is 9.44. The quantitative estimate of drug-likeness (QED) is 0.173. The van der Waals surface area contributed by atoms with E-state index >= 15 is 0 Å². The van der Waals surface area contributed by atoms with Crippen LogP contribution in [0.25, 0.3) is 105 Å². The minimum absolute atomic E-state index is 0.624. The maximum Gasteiger partial charge on any atom is 0.0992 e. The topological polar surface area (TPSA) is 38.6 Å². The van der Waals surface area contributed by atoms with E-state index in [4.69, 9.17) is 0 Å². The molecule has 0 fully saturated rings. The number of para-hydroxylation sites is 5.